The monoisotopic (exact) mass is 660 g/mol. The van der Waals surface area contributed by atoms with Crippen LogP contribution in [0.4, 0.5) is 15.3 Å². The molecule has 2 aromatic carbocycles. The summed E-state index contributed by atoms with van der Waals surface area (Å²) in [5, 5.41) is 6.46. The van der Waals surface area contributed by atoms with Crippen LogP contribution < -0.4 is 10.6 Å². The van der Waals surface area contributed by atoms with Crippen LogP contribution in [0.1, 0.15) is 66.8 Å². The van der Waals surface area contributed by atoms with Gasteiger partial charge in [-0.15, -0.1) is 0 Å². The first-order valence-corrected chi connectivity index (χ1v) is 18.0. The molecule has 3 aliphatic heterocycles. The Morgan fingerprint density at radius 3 is 2.33 bits per heavy atom. The molecular weight excluding hydrogens is 604 g/mol. The van der Waals surface area contributed by atoms with Gasteiger partial charge in [0, 0.05) is 56.9 Å². The molecule has 262 valence electrons. The highest BCUT2D eigenvalue weighted by atomic mass is 16.6. The molecule has 2 fully saturated rings. The molecule has 0 bridgehead atoms. The molecule has 10 heteroatoms. The summed E-state index contributed by atoms with van der Waals surface area (Å²) in [6.07, 6.45) is 4.08. The van der Waals surface area contributed by atoms with E-state index < -0.39 is 12.2 Å². The molecule has 2 saturated heterocycles. The molecule has 48 heavy (non-hydrogen) atoms. The number of carbonyl (C=O) groups is 3. The number of hydrogen-bond acceptors (Lipinski definition) is 6. The summed E-state index contributed by atoms with van der Waals surface area (Å²) in [6, 6.07) is 12.6. The van der Waals surface area contributed by atoms with Crippen molar-refractivity contribution >= 4 is 23.7 Å². The van der Waals surface area contributed by atoms with Gasteiger partial charge < -0.3 is 35.0 Å². The number of urea groups is 1. The van der Waals surface area contributed by atoms with Gasteiger partial charge in [-0.05, 0) is 120 Å². The predicted molar refractivity (Wildman–Crippen MR) is 190 cm³/mol. The Kier molecular flexibility index (Phi) is 12.4. The van der Waals surface area contributed by atoms with Gasteiger partial charge in [-0.1, -0.05) is 37.3 Å². The van der Waals surface area contributed by atoms with Crippen LogP contribution >= 0.6 is 0 Å². The number of ether oxygens (including phenoxy) is 1. The van der Waals surface area contributed by atoms with Gasteiger partial charge >= 0.3 is 12.1 Å². The molecule has 2 aromatic rings. The summed E-state index contributed by atoms with van der Waals surface area (Å²) in [7, 11) is 2.18. The number of anilines is 1. The minimum absolute atomic E-state index is 0.0432. The van der Waals surface area contributed by atoms with Gasteiger partial charge in [0.05, 0.1) is 0 Å². The van der Waals surface area contributed by atoms with Crippen LogP contribution in [0.15, 0.2) is 36.4 Å². The third-order valence-corrected chi connectivity index (χ3v) is 10.7. The number of rotatable bonds is 11. The standard InChI is InChI=1S/C38H56N6O4/c1-6-39-17-9-18-41(5)32-13-19-42(20-14-32)36(45)35(26-30-24-27(2)29(4)28(3)25-30)48-38(47)43-21-15-33(16-22-43)44-23-12-31-10-7-8-11-34(31)40-37(44)46/h7-8,10-11,24-25,32-33,35,39H,6,9,12-23,26H2,1-5H3,(H,40,46)/t35-/m1/s1. The molecule has 3 aliphatic rings. The number of likely N-dealkylation sites (tertiary alicyclic amines) is 2. The molecule has 5 rings (SSSR count). The maximum absolute atomic E-state index is 14.1. The number of hydrogen-bond donors (Lipinski definition) is 2. The van der Waals surface area contributed by atoms with E-state index >= 15 is 0 Å². The third kappa shape index (κ3) is 8.88. The third-order valence-electron chi connectivity index (χ3n) is 10.7. The lowest BCUT2D eigenvalue weighted by molar-refractivity contribution is -0.142. The highest BCUT2D eigenvalue weighted by Crippen LogP contribution is 2.26. The number of para-hydroxylation sites is 1. The molecule has 3 heterocycles. The molecule has 1 atom stereocenters. The Bertz CT molecular complexity index is 1390. The average Bonchev–Trinajstić information content (AvgIpc) is 3.26. The van der Waals surface area contributed by atoms with Crippen LogP contribution in [0.2, 0.25) is 0 Å². The summed E-state index contributed by atoms with van der Waals surface area (Å²) >= 11 is 0. The molecule has 0 aromatic heterocycles. The minimum atomic E-state index is -0.888. The molecule has 0 radical (unpaired) electrons. The van der Waals surface area contributed by atoms with Gasteiger partial charge in [0.2, 0.25) is 0 Å². The van der Waals surface area contributed by atoms with E-state index in [-0.39, 0.29) is 18.0 Å². The van der Waals surface area contributed by atoms with E-state index in [1.54, 1.807) is 4.90 Å². The maximum atomic E-state index is 14.1. The zero-order valence-corrected chi connectivity index (χ0v) is 29.7. The van der Waals surface area contributed by atoms with E-state index in [1.807, 2.05) is 28.0 Å². The van der Waals surface area contributed by atoms with Crippen molar-refractivity contribution in [2.75, 3.05) is 64.7 Å². The fraction of sp³-hybridized carbons (Fsp3) is 0.605. The van der Waals surface area contributed by atoms with Crippen molar-refractivity contribution in [3.8, 4) is 0 Å². The second-order valence-electron chi connectivity index (χ2n) is 13.9. The molecular formula is C38H56N6O4. The number of benzene rings is 2. The van der Waals surface area contributed by atoms with E-state index in [1.165, 1.54) is 16.7 Å². The van der Waals surface area contributed by atoms with Gasteiger partial charge in [0.15, 0.2) is 6.10 Å². The highest BCUT2D eigenvalue weighted by molar-refractivity contribution is 5.91. The number of aryl methyl sites for hydroxylation is 2. The van der Waals surface area contributed by atoms with E-state index in [4.69, 9.17) is 4.74 Å². The smallest absolute Gasteiger partial charge is 0.410 e. The molecule has 10 nitrogen and oxygen atoms in total. The molecule has 0 spiro atoms. The number of piperidine rings is 2. The first kappa shape index (κ1) is 35.7. The van der Waals surface area contributed by atoms with Crippen LogP contribution in [0, 0.1) is 20.8 Å². The zero-order chi connectivity index (χ0) is 34.2. The summed E-state index contributed by atoms with van der Waals surface area (Å²) in [5.74, 6) is -0.108. The number of nitrogens with one attached hydrogen (secondary N) is 2. The predicted octanol–water partition coefficient (Wildman–Crippen LogP) is 5.14. The lowest BCUT2D eigenvalue weighted by Crippen LogP contribution is -2.52. The summed E-state index contributed by atoms with van der Waals surface area (Å²) < 4.78 is 6.12. The fourth-order valence-corrected chi connectivity index (χ4v) is 7.47. The lowest BCUT2D eigenvalue weighted by atomic mass is 9.96. The summed E-state index contributed by atoms with van der Waals surface area (Å²) in [6.45, 7) is 14.4. The quantitative estimate of drug-likeness (QED) is 0.325. The van der Waals surface area contributed by atoms with Gasteiger partial charge in [0.1, 0.15) is 0 Å². The Balaban J connectivity index is 1.20. The Hall–Kier alpha value is -3.63. The van der Waals surface area contributed by atoms with Crippen molar-refractivity contribution in [2.45, 2.75) is 90.8 Å². The topological polar surface area (TPSA) is 97.5 Å². The molecule has 0 saturated carbocycles. The van der Waals surface area contributed by atoms with Gasteiger partial charge in [-0.25, -0.2) is 9.59 Å². The minimum Gasteiger partial charge on any atom is -0.436 e. The number of fused-ring (bicyclic) bond motifs is 1. The van der Waals surface area contributed by atoms with Crippen LogP contribution in [0.25, 0.3) is 0 Å². The van der Waals surface area contributed by atoms with Crippen molar-refractivity contribution < 1.29 is 19.1 Å². The largest absolute Gasteiger partial charge is 0.436 e. The van der Waals surface area contributed by atoms with E-state index in [9.17, 15) is 14.4 Å². The number of nitrogens with zero attached hydrogens (tertiary/aromatic N) is 4. The summed E-state index contributed by atoms with van der Waals surface area (Å²) in [4.78, 5) is 48.7. The van der Waals surface area contributed by atoms with Gasteiger partial charge in [-0.2, -0.15) is 0 Å². The van der Waals surface area contributed by atoms with Crippen molar-refractivity contribution in [1.29, 1.82) is 0 Å². The number of carbonyl (C=O) groups excluding carboxylic acids is 3. The molecule has 0 aliphatic carbocycles. The lowest BCUT2D eigenvalue weighted by Gasteiger charge is -2.39. The Labute approximate surface area is 287 Å². The second kappa shape index (κ2) is 16.7. The fourth-order valence-electron chi connectivity index (χ4n) is 7.47. The second-order valence-corrected chi connectivity index (χ2v) is 13.9. The van der Waals surface area contributed by atoms with Gasteiger partial charge in [-0.3, -0.25) is 4.79 Å². The first-order valence-electron chi connectivity index (χ1n) is 18.0. The zero-order valence-electron chi connectivity index (χ0n) is 29.7. The first-order chi connectivity index (χ1) is 23.1. The van der Waals surface area contributed by atoms with Crippen LogP contribution in [0.3, 0.4) is 0 Å². The van der Waals surface area contributed by atoms with Gasteiger partial charge in [0.25, 0.3) is 5.91 Å². The van der Waals surface area contributed by atoms with E-state index in [0.29, 0.717) is 58.0 Å². The van der Waals surface area contributed by atoms with Crippen molar-refractivity contribution in [2.24, 2.45) is 0 Å². The van der Waals surface area contributed by atoms with E-state index in [0.717, 1.165) is 62.1 Å². The normalized spacial score (nSPS) is 18.4. The van der Waals surface area contributed by atoms with Crippen LogP contribution in [-0.4, -0.2) is 115 Å². The van der Waals surface area contributed by atoms with Crippen molar-refractivity contribution in [3.63, 3.8) is 0 Å². The molecule has 0 unspecified atom stereocenters. The maximum Gasteiger partial charge on any atom is 0.410 e. The van der Waals surface area contributed by atoms with Crippen molar-refractivity contribution in [1.82, 2.24) is 24.9 Å². The van der Waals surface area contributed by atoms with Crippen molar-refractivity contribution in [3.05, 3.63) is 64.2 Å². The van der Waals surface area contributed by atoms with Crippen LogP contribution in [-0.2, 0) is 22.4 Å². The van der Waals surface area contributed by atoms with E-state index in [2.05, 4.69) is 68.5 Å². The average molecular weight is 661 g/mol. The SMILES string of the molecule is CCNCCCN(C)C1CCN(C(=O)[C@@H](Cc2cc(C)c(C)c(C)c2)OC(=O)N2CCC(N3CCc4ccccc4NC3=O)CC2)CC1. The Morgan fingerprint density at radius 2 is 1.65 bits per heavy atom. The highest BCUT2D eigenvalue weighted by Gasteiger charge is 2.36. The number of amides is 4. The molecule has 4 amide bonds. The van der Waals surface area contributed by atoms with Crippen LogP contribution in [0.5, 0.6) is 0 Å². The summed E-state index contributed by atoms with van der Waals surface area (Å²) in [5.41, 5.74) is 6.59. The Morgan fingerprint density at radius 1 is 0.979 bits per heavy atom. The molecule has 2 N–H and O–H groups in total.